The van der Waals surface area contributed by atoms with Crippen molar-refractivity contribution in [3.8, 4) is 0 Å². The van der Waals surface area contributed by atoms with Crippen molar-refractivity contribution in [3.05, 3.63) is 0 Å². The predicted octanol–water partition coefficient (Wildman–Crippen LogP) is 2.10. The quantitative estimate of drug-likeness (QED) is 0.780. The molecule has 0 radical (unpaired) electrons. The van der Waals surface area contributed by atoms with Crippen molar-refractivity contribution in [2.45, 2.75) is 69.8 Å². The summed E-state index contributed by atoms with van der Waals surface area (Å²) in [5.41, 5.74) is 0. The summed E-state index contributed by atoms with van der Waals surface area (Å²) in [6.45, 7) is 2.84. The molecule has 2 aliphatic rings. The van der Waals surface area contributed by atoms with Crippen molar-refractivity contribution in [3.63, 3.8) is 0 Å². The Hall–Kier alpha value is -0.120. The number of hydrogen-bond acceptors (Lipinski definition) is 3. The lowest BCUT2D eigenvalue weighted by Gasteiger charge is -2.45. The molecule has 2 saturated carbocycles. The summed E-state index contributed by atoms with van der Waals surface area (Å²) in [5, 5.41) is 3.30. The van der Waals surface area contributed by atoms with E-state index in [0.717, 1.165) is 13.0 Å². The van der Waals surface area contributed by atoms with Crippen LogP contribution in [-0.2, 0) is 9.47 Å². The van der Waals surface area contributed by atoms with Crippen molar-refractivity contribution in [1.82, 2.24) is 5.32 Å². The number of rotatable bonds is 5. The smallest absolute Gasteiger partial charge is 0.0990 e. The van der Waals surface area contributed by atoms with Gasteiger partial charge in [-0.1, -0.05) is 19.3 Å². The third-order valence-corrected chi connectivity index (χ3v) is 3.90. The van der Waals surface area contributed by atoms with Crippen molar-refractivity contribution < 1.29 is 9.47 Å². The van der Waals surface area contributed by atoms with Crippen LogP contribution < -0.4 is 5.32 Å². The largest absolute Gasteiger partial charge is 0.374 e. The van der Waals surface area contributed by atoms with Gasteiger partial charge in [0.25, 0.3) is 0 Å². The first-order valence-electron chi connectivity index (χ1n) is 6.79. The van der Waals surface area contributed by atoms with E-state index in [1.807, 2.05) is 7.05 Å². The molecule has 3 atom stereocenters. The van der Waals surface area contributed by atoms with E-state index < -0.39 is 0 Å². The van der Waals surface area contributed by atoms with Crippen molar-refractivity contribution in [1.29, 1.82) is 0 Å². The number of hydrogen-bond donors (Lipinski definition) is 1. The van der Waals surface area contributed by atoms with Crippen LogP contribution in [0.2, 0.25) is 0 Å². The summed E-state index contributed by atoms with van der Waals surface area (Å²) in [4.78, 5) is 0. The first-order valence-corrected chi connectivity index (χ1v) is 6.79. The lowest BCUT2D eigenvalue weighted by Crippen LogP contribution is -2.60. The van der Waals surface area contributed by atoms with E-state index in [1.165, 1.54) is 32.1 Å². The summed E-state index contributed by atoms with van der Waals surface area (Å²) < 4.78 is 11.9. The van der Waals surface area contributed by atoms with E-state index in [4.69, 9.17) is 9.47 Å². The minimum Gasteiger partial charge on any atom is -0.374 e. The lowest BCUT2D eigenvalue weighted by atomic mass is 9.84. The maximum atomic E-state index is 6.16. The Labute approximate surface area is 98.9 Å². The molecule has 0 aromatic carbocycles. The van der Waals surface area contributed by atoms with Crippen molar-refractivity contribution in [2.24, 2.45) is 0 Å². The first kappa shape index (κ1) is 12.3. The minimum atomic E-state index is 0.275. The molecule has 2 rings (SSSR count). The molecule has 2 fully saturated rings. The van der Waals surface area contributed by atoms with Gasteiger partial charge in [0.05, 0.1) is 18.3 Å². The fourth-order valence-electron chi connectivity index (χ4n) is 2.86. The predicted molar refractivity (Wildman–Crippen MR) is 64.6 cm³/mol. The summed E-state index contributed by atoms with van der Waals surface area (Å²) in [6.07, 6.45) is 8.78. The fourth-order valence-corrected chi connectivity index (χ4v) is 2.86. The summed E-state index contributed by atoms with van der Waals surface area (Å²) >= 11 is 0. The zero-order chi connectivity index (χ0) is 11.4. The molecule has 16 heavy (non-hydrogen) atoms. The van der Waals surface area contributed by atoms with Gasteiger partial charge in [-0.15, -0.1) is 0 Å². The van der Waals surface area contributed by atoms with E-state index >= 15 is 0 Å². The maximum absolute atomic E-state index is 6.16. The average molecular weight is 227 g/mol. The highest BCUT2D eigenvalue weighted by atomic mass is 16.6. The van der Waals surface area contributed by atoms with Gasteiger partial charge in [-0.25, -0.2) is 0 Å². The van der Waals surface area contributed by atoms with Crippen LogP contribution in [0.25, 0.3) is 0 Å². The molecule has 3 heteroatoms. The molecule has 0 aromatic rings. The van der Waals surface area contributed by atoms with Gasteiger partial charge in [0.15, 0.2) is 0 Å². The second-order valence-corrected chi connectivity index (χ2v) is 4.99. The molecular weight excluding hydrogens is 202 g/mol. The Morgan fingerprint density at radius 3 is 2.56 bits per heavy atom. The van der Waals surface area contributed by atoms with Gasteiger partial charge in [0.1, 0.15) is 0 Å². The molecular formula is C13H25NO2. The molecule has 0 saturated heterocycles. The van der Waals surface area contributed by atoms with Crippen LogP contribution in [0, 0.1) is 0 Å². The molecule has 94 valence electrons. The van der Waals surface area contributed by atoms with Crippen LogP contribution >= 0.6 is 0 Å². The van der Waals surface area contributed by atoms with Crippen LogP contribution in [0.15, 0.2) is 0 Å². The van der Waals surface area contributed by atoms with Gasteiger partial charge < -0.3 is 14.8 Å². The van der Waals surface area contributed by atoms with Gasteiger partial charge in [-0.2, -0.15) is 0 Å². The standard InChI is InChI=1S/C13H25NO2/c1-3-15-13-11(14-2)9-12(13)16-10-7-5-4-6-8-10/h10-14H,3-9H2,1-2H3. The molecule has 0 aromatic heterocycles. The van der Waals surface area contributed by atoms with E-state index in [2.05, 4.69) is 12.2 Å². The molecule has 0 bridgehead atoms. The molecule has 3 unspecified atom stereocenters. The molecule has 1 N–H and O–H groups in total. The van der Waals surface area contributed by atoms with Gasteiger partial charge >= 0.3 is 0 Å². The third-order valence-electron chi connectivity index (χ3n) is 3.90. The Morgan fingerprint density at radius 2 is 1.94 bits per heavy atom. The van der Waals surface area contributed by atoms with Gasteiger partial charge in [0, 0.05) is 12.6 Å². The lowest BCUT2D eigenvalue weighted by molar-refractivity contribution is -0.169. The number of likely N-dealkylation sites (N-methyl/N-ethyl adjacent to an activating group) is 1. The van der Waals surface area contributed by atoms with E-state index in [1.54, 1.807) is 0 Å². The highest BCUT2D eigenvalue weighted by Gasteiger charge is 2.42. The Kier molecular flexibility index (Phi) is 4.62. The van der Waals surface area contributed by atoms with E-state index in [9.17, 15) is 0 Å². The van der Waals surface area contributed by atoms with E-state index in [0.29, 0.717) is 18.2 Å². The molecule has 0 amide bonds. The Morgan fingerprint density at radius 1 is 1.19 bits per heavy atom. The summed E-state index contributed by atoms with van der Waals surface area (Å²) in [7, 11) is 2.01. The first-order chi connectivity index (χ1) is 7.85. The molecule has 0 aliphatic heterocycles. The van der Waals surface area contributed by atoms with Crippen LogP contribution in [0.1, 0.15) is 45.4 Å². The van der Waals surface area contributed by atoms with Gasteiger partial charge in [-0.3, -0.25) is 0 Å². The van der Waals surface area contributed by atoms with Crippen LogP contribution in [0.5, 0.6) is 0 Å². The van der Waals surface area contributed by atoms with Gasteiger partial charge in [-0.05, 0) is 33.2 Å². The van der Waals surface area contributed by atoms with Crippen molar-refractivity contribution >= 4 is 0 Å². The molecule has 0 heterocycles. The summed E-state index contributed by atoms with van der Waals surface area (Å²) in [6, 6.07) is 0.494. The van der Waals surface area contributed by atoms with Crippen LogP contribution in [0.4, 0.5) is 0 Å². The monoisotopic (exact) mass is 227 g/mol. The fraction of sp³-hybridized carbons (Fsp3) is 1.00. The zero-order valence-corrected chi connectivity index (χ0v) is 10.6. The average Bonchev–Trinajstić information content (AvgIpc) is 2.32. The van der Waals surface area contributed by atoms with Crippen LogP contribution in [-0.4, -0.2) is 38.0 Å². The molecule has 3 nitrogen and oxygen atoms in total. The summed E-state index contributed by atoms with van der Waals surface area (Å²) in [5.74, 6) is 0. The molecule has 2 aliphatic carbocycles. The number of ether oxygens (including phenoxy) is 2. The highest BCUT2D eigenvalue weighted by molar-refractivity contribution is 4.97. The Balaban J connectivity index is 1.76. The van der Waals surface area contributed by atoms with Crippen molar-refractivity contribution in [2.75, 3.05) is 13.7 Å². The number of nitrogens with one attached hydrogen (secondary N) is 1. The van der Waals surface area contributed by atoms with Gasteiger partial charge in [0.2, 0.25) is 0 Å². The highest BCUT2D eigenvalue weighted by Crippen LogP contribution is 2.31. The second-order valence-electron chi connectivity index (χ2n) is 4.99. The topological polar surface area (TPSA) is 30.5 Å². The SMILES string of the molecule is CCOC1C(NC)CC1OC1CCCCC1. The Bertz CT molecular complexity index is 204. The zero-order valence-electron chi connectivity index (χ0n) is 10.6. The third kappa shape index (κ3) is 2.76. The minimum absolute atomic E-state index is 0.275. The molecule has 0 spiro atoms. The van der Waals surface area contributed by atoms with E-state index in [-0.39, 0.29) is 6.10 Å². The second kappa shape index (κ2) is 5.99. The maximum Gasteiger partial charge on any atom is 0.0990 e. The van der Waals surface area contributed by atoms with Crippen LogP contribution in [0.3, 0.4) is 0 Å². The normalized spacial score (nSPS) is 36.0.